The Labute approximate surface area is 121 Å². The van der Waals surface area contributed by atoms with Crippen molar-refractivity contribution < 1.29 is 9.59 Å². The van der Waals surface area contributed by atoms with Crippen LogP contribution >= 0.6 is 11.6 Å². The third-order valence-electron chi connectivity index (χ3n) is 2.94. The van der Waals surface area contributed by atoms with E-state index in [2.05, 4.69) is 5.10 Å². The summed E-state index contributed by atoms with van der Waals surface area (Å²) < 4.78 is -0.643. The Hall–Kier alpha value is -2.26. The Morgan fingerprint density at radius 3 is 2.10 bits per heavy atom. The van der Waals surface area contributed by atoms with Crippen LogP contribution in [0.5, 0.6) is 0 Å². The van der Waals surface area contributed by atoms with E-state index in [4.69, 9.17) is 11.6 Å². The molecule has 0 spiro atoms. The fourth-order valence-corrected chi connectivity index (χ4v) is 2.17. The van der Waals surface area contributed by atoms with Crippen molar-refractivity contribution in [2.24, 2.45) is 5.10 Å². The Morgan fingerprint density at radius 2 is 1.60 bits per heavy atom. The lowest BCUT2D eigenvalue weighted by Gasteiger charge is -2.24. The summed E-state index contributed by atoms with van der Waals surface area (Å²) in [4.78, 5) is 22.7. The molecule has 4 nitrogen and oxygen atoms in total. The number of carbonyl (C=O) groups is 1. The first-order chi connectivity index (χ1) is 9.69. The zero-order valence-corrected chi connectivity index (χ0v) is 11.3. The standard InChI is InChI=1S/C15H12ClN2O2/c16-15(20)18(17-12-19,14-9-5-2-6-10-14)11-13-7-3-1-4-8-13/h1-10H,11H2/q+1. The summed E-state index contributed by atoms with van der Waals surface area (Å²) >= 11 is 5.72. The molecule has 5 heteroatoms. The van der Waals surface area contributed by atoms with Crippen LogP contribution in [0.1, 0.15) is 5.56 Å². The number of amides is 1. The summed E-state index contributed by atoms with van der Waals surface area (Å²) in [5.74, 6) is 0. The fourth-order valence-electron chi connectivity index (χ4n) is 1.98. The Morgan fingerprint density at radius 1 is 1.05 bits per heavy atom. The van der Waals surface area contributed by atoms with Gasteiger partial charge in [0.05, 0.1) is 0 Å². The zero-order valence-electron chi connectivity index (χ0n) is 10.6. The highest BCUT2D eigenvalue weighted by atomic mass is 35.5. The van der Waals surface area contributed by atoms with Gasteiger partial charge in [-0.3, -0.25) is 0 Å². The second kappa shape index (κ2) is 6.26. The highest BCUT2D eigenvalue weighted by molar-refractivity contribution is 6.64. The summed E-state index contributed by atoms with van der Waals surface area (Å²) in [6.45, 7) is 0.155. The molecule has 0 aliphatic heterocycles. The normalized spacial score (nSPS) is 13.1. The zero-order chi connectivity index (χ0) is 14.4. The molecule has 2 rings (SSSR count). The van der Waals surface area contributed by atoms with Gasteiger partial charge in [-0.25, -0.2) is 9.59 Å². The second-order valence-electron chi connectivity index (χ2n) is 4.19. The monoisotopic (exact) mass is 287 g/mol. The highest BCUT2D eigenvalue weighted by Crippen LogP contribution is 2.29. The highest BCUT2D eigenvalue weighted by Gasteiger charge is 2.40. The van der Waals surface area contributed by atoms with E-state index in [-0.39, 0.29) is 6.54 Å². The predicted octanol–water partition coefficient (Wildman–Crippen LogP) is 3.80. The number of carbonyl (C=O) groups excluding carboxylic acids is 2. The number of hydrogen-bond acceptors (Lipinski definition) is 3. The smallest absolute Gasteiger partial charge is 0.210 e. The molecule has 0 bridgehead atoms. The van der Waals surface area contributed by atoms with Crippen LogP contribution in [-0.2, 0) is 11.3 Å². The van der Waals surface area contributed by atoms with E-state index in [0.717, 1.165) is 5.56 Å². The lowest BCUT2D eigenvalue weighted by molar-refractivity contribution is 0.221. The molecule has 0 heterocycles. The topological polar surface area (TPSA) is 46.5 Å². The lowest BCUT2D eigenvalue weighted by atomic mass is 10.2. The van der Waals surface area contributed by atoms with Crippen LogP contribution in [0.4, 0.5) is 10.5 Å². The van der Waals surface area contributed by atoms with E-state index in [0.29, 0.717) is 5.69 Å². The number of isocyanates is 1. The molecule has 1 unspecified atom stereocenters. The molecule has 0 aromatic heterocycles. The van der Waals surface area contributed by atoms with E-state index < -0.39 is 9.96 Å². The number of benzene rings is 2. The maximum Gasteiger partial charge on any atom is 0.444 e. The van der Waals surface area contributed by atoms with Crippen molar-refractivity contribution in [2.75, 3.05) is 0 Å². The number of nitrogens with zero attached hydrogens (tertiary/aromatic N) is 2. The van der Waals surface area contributed by atoms with Crippen molar-refractivity contribution in [3.8, 4) is 0 Å². The minimum Gasteiger partial charge on any atom is -0.210 e. The molecule has 0 radical (unpaired) electrons. The molecule has 20 heavy (non-hydrogen) atoms. The SMILES string of the molecule is O=C=N[N+](Cc1ccccc1)(C(=O)Cl)c1ccccc1. The third-order valence-corrected chi connectivity index (χ3v) is 3.22. The molecule has 0 saturated heterocycles. The molecular formula is C15H12ClN2O2+. The van der Waals surface area contributed by atoms with Crippen molar-refractivity contribution in [3.63, 3.8) is 0 Å². The lowest BCUT2D eigenvalue weighted by Crippen LogP contribution is -2.45. The first-order valence-corrected chi connectivity index (χ1v) is 6.34. The average Bonchev–Trinajstić information content (AvgIpc) is 2.48. The van der Waals surface area contributed by atoms with Crippen LogP contribution < -0.4 is 4.59 Å². The largest absolute Gasteiger partial charge is 0.444 e. The van der Waals surface area contributed by atoms with Gasteiger partial charge >= 0.3 is 5.37 Å². The van der Waals surface area contributed by atoms with Gasteiger partial charge < -0.3 is 0 Å². The van der Waals surface area contributed by atoms with Gasteiger partial charge in [0.1, 0.15) is 6.54 Å². The van der Waals surface area contributed by atoms with Crippen LogP contribution in [0.3, 0.4) is 0 Å². The van der Waals surface area contributed by atoms with E-state index in [1.54, 1.807) is 24.3 Å². The second-order valence-corrected chi connectivity index (χ2v) is 4.52. The van der Waals surface area contributed by atoms with E-state index >= 15 is 0 Å². The Balaban J connectivity index is 2.54. The molecule has 0 N–H and O–H groups in total. The van der Waals surface area contributed by atoms with E-state index in [9.17, 15) is 9.59 Å². The number of quaternary nitrogens is 1. The summed E-state index contributed by atoms with van der Waals surface area (Å²) in [6.07, 6.45) is 1.45. The van der Waals surface area contributed by atoms with E-state index in [1.165, 1.54) is 6.08 Å². The van der Waals surface area contributed by atoms with Gasteiger partial charge in [-0.05, 0) is 0 Å². The summed E-state index contributed by atoms with van der Waals surface area (Å²) in [6, 6.07) is 18.0. The summed E-state index contributed by atoms with van der Waals surface area (Å²) in [5.41, 5.74) is 1.35. The Kier molecular flexibility index (Phi) is 4.43. The van der Waals surface area contributed by atoms with Crippen LogP contribution in [-0.4, -0.2) is 11.4 Å². The van der Waals surface area contributed by atoms with Crippen LogP contribution in [0.2, 0.25) is 0 Å². The van der Waals surface area contributed by atoms with Crippen molar-refractivity contribution in [2.45, 2.75) is 6.54 Å². The van der Waals surface area contributed by atoms with Gasteiger partial charge in [0.2, 0.25) is 0 Å². The molecule has 0 fully saturated rings. The van der Waals surface area contributed by atoms with Crippen molar-refractivity contribution in [1.29, 1.82) is 0 Å². The quantitative estimate of drug-likeness (QED) is 0.214. The van der Waals surface area contributed by atoms with Gasteiger partial charge in [0, 0.05) is 34.4 Å². The number of halogens is 1. The average molecular weight is 288 g/mol. The van der Waals surface area contributed by atoms with Gasteiger partial charge in [-0.15, -0.1) is 0 Å². The van der Waals surface area contributed by atoms with Gasteiger partial charge in [-0.2, -0.15) is 0 Å². The molecule has 100 valence electrons. The molecule has 2 aromatic rings. The molecular weight excluding hydrogens is 276 g/mol. The molecule has 2 aromatic carbocycles. The van der Waals surface area contributed by atoms with E-state index in [1.807, 2.05) is 36.4 Å². The third kappa shape index (κ3) is 2.83. The molecule has 0 aliphatic rings. The minimum atomic E-state index is -0.761. The van der Waals surface area contributed by atoms with Crippen LogP contribution in [0.25, 0.3) is 0 Å². The van der Waals surface area contributed by atoms with Gasteiger partial charge in [0.25, 0.3) is 6.08 Å². The van der Waals surface area contributed by atoms with Crippen LogP contribution in [0, 0.1) is 0 Å². The summed E-state index contributed by atoms with van der Waals surface area (Å²) in [5, 5.41) is 2.91. The molecule has 1 atom stereocenters. The van der Waals surface area contributed by atoms with Crippen molar-refractivity contribution in [1.82, 2.24) is 4.59 Å². The maximum atomic E-state index is 11.9. The number of hydrogen-bond donors (Lipinski definition) is 0. The van der Waals surface area contributed by atoms with Gasteiger partial charge in [0.15, 0.2) is 5.69 Å². The van der Waals surface area contributed by atoms with Gasteiger partial charge in [-0.1, -0.05) is 53.1 Å². The molecule has 0 saturated carbocycles. The molecule has 0 aliphatic carbocycles. The maximum absolute atomic E-state index is 11.9. The fraction of sp³-hybridized carbons (Fsp3) is 0.0667. The first kappa shape index (κ1) is 14.2. The predicted molar refractivity (Wildman–Crippen MR) is 77.8 cm³/mol. The minimum absolute atomic E-state index is 0.155. The summed E-state index contributed by atoms with van der Waals surface area (Å²) in [7, 11) is 0. The molecule has 1 amide bonds. The van der Waals surface area contributed by atoms with Crippen molar-refractivity contribution >= 4 is 28.7 Å². The first-order valence-electron chi connectivity index (χ1n) is 5.96. The number of rotatable bonds is 4. The Bertz CT molecular complexity index is 635. The van der Waals surface area contributed by atoms with Crippen LogP contribution in [0.15, 0.2) is 65.8 Å². The number of para-hydroxylation sites is 1. The van der Waals surface area contributed by atoms with Crippen molar-refractivity contribution in [3.05, 3.63) is 66.2 Å².